The second-order valence-electron chi connectivity index (χ2n) is 8.81. The van der Waals surface area contributed by atoms with Gasteiger partial charge in [-0.2, -0.15) is 5.10 Å². The summed E-state index contributed by atoms with van der Waals surface area (Å²) in [6, 6.07) is 10.8. The Bertz CT molecular complexity index is 1310. The smallest absolute Gasteiger partial charge is 0.273 e. The van der Waals surface area contributed by atoms with E-state index < -0.39 is 6.04 Å². The zero-order valence-corrected chi connectivity index (χ0v) is 20.3. The maximum absolute atomic E-state index is 14.4. The van der Waals surface area contributed by atoms with Crippen molar-refractivity contribution < 1.29 is 14.0 Å². The highest BCUT2D eigenvalue weighted by Crippen LogP contribution is 2.33. The second kappa shape index (κ2) is 8.71. The van der Waals surface area contributed by atoms with Crippen LogP contribution in [0.3, 0.4) is 0 Å². The molecule has 34 heavy (non-hydrogen) atoms. The van der Waals surface area contributed by atoms with Crippen molar-refractivity contribution in [3.8, 4) is 0 Å². The molecular formula is C25H23Cl2FN4O2. The maximum atomic E-state index is 14.4. The molecule has 0 bridgehead atoms. The molecule has 0 saturated heterocycles. The van der Waals surface area contributed by atoms with Gasteiger partial charge in [-0.1, -0.05) is 41.4 Å². The summed E-state index contributed by atoms with van der Waals surface area (Å²) in [6.07, 6.45) is 0.540. The van der Waals surface area contributed by atoms with E-state index in [0.29, 0.717) is 46.4 Å². The fourth-order valence-electron chi connectivity index (χ4n) is 4.85. The van der Waals surface area contributed by atoms with E-state index in [9.17, 15) is 14.0 Å². The fraction of sp³-hybridized carbons (Fsp3) is 0.320. The number of hydrogen-bond acceptors (Lipinski definition) is 3. The molecule has 1 unspecified atom stereocenters. The fourth-order valence-corrected chi connectivity index (χ4v) is 5.15. The van der Waals surface area contributed by atoms with E-state index in [0.717, 1.165) is 11.3 Å². The van der Waals surface area contributed by atoms with Crippen LogP contribution in [0.1, 0.15) is 57.6 Å². The third-order valence-corrected chi connectivity index (χ3v) is 7.49. The van der Waals surface area contributed by atoms with Gasteiger partial charge >= 0.3 is 0 Å². The Balaban J connectivity index is 1.46. The summed E-state index contributed by atoms with van der Waals surface area (Å²) in [4.78, 5) is 30.3. The normalized spacial score (nSPS) is 18.5. The zero-order valence-electron chi connectivity index (χ0n) is 18.8. The average molecular weight is 501 g/mol. The highest BCUT2D eigenvalue weighted by atomic mass is 35.5. The summed E-state index contributed by atoms with van der Waals surface area (Å²) in [5.41, 5.74) is 2.97. The number of fused-ring (bicyclic) bond motifs is 3. The molecule has 0 radical (unpaired) electrons. The zero-order chi connectivity index (χ0) is 24.1. The van der Waals surface area contributed by atoms with Crippen molar-refractivity contribution in [2.75, 3.05) is 6.54 Å². The average Bonchev–Trinajstić information content (AvgIpc) is 3.18. The molecule has 1 aromatic heterocycles. The van der Waals surface area contributed by atoms with Crippen LogP contribution in [0, 0.1) is 5.82 Å². The Hall–Kier alpha value is -2.90. The van der Waals surface area contributed by atoms with Gasteiger partial charge in [0.2, 0.25) is 0 Å². The standard InChI is InChI=1S/C25H23Cl2FN4O2/c1-14-11-22-18(13-31(14)24(33)16-7-8-19(26)20(27)12-16)23-25(34)30(9-10-32(23)29-22)15(2)17-5-3-4-6-21(17)28/h3-8,12,14-15H,9-11,13H2,1-2H3/t14-,15?/m1/s1. The molecule has 0 saturated carbocycles. The number of aromatic nitrogens is 2. The largest absolute Gasteiger partial charge is 0.331 e. The van der Waals surface area contributed by atoms with Gasteiger partial charge in [0.25, 0.3) is 11.8 Å². The van der Waals surface area contributed by atoms with Gasteiger partial charge in [0, 0.05) is 35.7 Å². The van der Waals surface area contributed by atoms with E-state index in [-0.39, 0.29) is 30.2 Å². The topological polar surface area (TPSA) is 58.4 Å². The van der Waals surface area contributed by atoms with Gasteiger partial charge in [0.1, 0.15) is 11.5 Å². The summed E-state index contributed by atoms with van der Waals surface area (Å²) in [7, 11) is 0. The van der Waals surface area contributed by atoms with Crippen LogP contribution in [0.15, 0.2) is 42.5 Å². The van der Waals surface area contributed by atoms with Crippen LogP contribution in [0.25, 0.3) is 0 Å². The van der Waals surface area contributed by atoms with Crippen LogP contribution < -0.4 is 0 Å². The summed E-state index contributed by atoms with van der Waals surface area (Å²) >= 11 is 12.1. The molecule has 3 aromatic rings. The Morgan fingerprint density at radius 1 is 1.15 bits per heavy atom. The highest BCUT2D eigenvalue weighted by molar-refractivity contribution is 6.42. The number of hydrogen-bond donors (Lipinski definition) is 0. The highest BCUT2D eigenvalue weighted by Gasteiger charge is 2.38. The van der Waals surface area contributed by atoms with Gasteiger partial charge < -0.3 is 9.80 Å². The van der Waals surface area contributed by atoms with Crippen molar-refractivity contribution in [2.24, 2.45) is 0 Å². The van der Waals surface area contributed by atoms with Gasteiger partial charge in [0.15, 0.2) is 0 Å². The third kappa shape index (κ3) is 3.77. The third-order valence-electron chi connectivity index (χ3n) is 6.75. The van der Waals surface area contributed by atoms with Crippen molar-refractivity contribution in [1.82, 2.24) is 19.6 Å². The molecule has 0 spiro atoms. The second-order valence-corrected chi connectivity index (χ2v) is 9.62. The van der Waals surface area contributed by atoms with Crippen LogP contribution in [0.2, 0.25) is 10.0 Å². The summed E-state index contributed by atoms with van der Waals surface area (Å²) in [5.74, 6) is -0.722. The molecule has 2 amide bonds. The Morgan fingerprint density at radius 3 is 2.65 bits per heavy atom. The molecule has 5 rings (SSSR count). The molecule has 176 valence electrons. The molecule has 2 aliphatic rings. The number of nitrogens with zero attached hydrogens (tertiary/aromatic N) is 4. The van der Waals surface area contributed by atoms with Crippen LogP contribution >= 0.6 is 23.2 Å². The van der Waals surface area contributed by atoms with Gasteiger partial charge in [0.05, 0.1) is 34.9 Å². The van der Waals surface area contributed by atoms with Gasteiger partial charge in [-0.15, -0.1) is 0 Å². The first-order valence-electron chi connectivity index (χ1n) is 11.2. The minimum Gasteiger partial charge on any atom is -0.331 e. The Morgan fingerprint density at radius 2 is 1.91 bits per heavy atom. The van der Waals surface area contributed by atoms with Crippen LogP contribution in [0.5, 0.6) is 0 Å². The van der Waals surface area contributed by atoms with Crippen molar-refractivity contribution >= 4 is 35.0 Å². The lowest BCUT2D eigenvalue weighted by molar-refractivity contribution is 0.0602. The van der Waals surface area contributed by atoms with E-state index in [1.165, 1.54) is 6.07 Å². The van der Waals surface area contributed by atoms with E-state index in [4.69, 9.17) is 23.2 Å². The first-order chi connectivity index (χ1) is 16.3. The number of carbonyl (C=O) groups excluding carboxylic acids is 2. The van der Waals surface area contributed by atoms with E-state index in [2.05, 4.69) is 5.10 Å². The SMILES string of the molecule is CC(c1ccccc1F)N1CCn2nc3c(c2C1=O)CN(C(=O)c1ccc(Cl)c(Cl)c1)[C@H](C)C3. The molecule has 0 aliphatic carbocycles. The van der Waals surface area contributed by atoms with Crippen molar-refractivity contribution in [3.05, 3.63) is 86.4 Å². The number of rotatable bonds is 3. The molecule has 2 aromatic carbocycles. The minimum atomic E-state index is -0.426. The molecule has 2 atom stereocenters. The van der Waals surface area contributed by atoms with Crippen LogP contribution in [-0.2, 0) is 19.5 Å². The molecular weight excluding hydrogens is 478 g/mol. The van der Waals surface area contributed by atoms with E-state index >= 15 is 0 Å². The summed E-state index contributed by atoms with van der Waals surface area (Å²) in [5, 5.41) is 5.38. The number of amides is 2. The van der Waals surface area contributed by atoms with Crippen molar-refractivity contribution in [2.45, 2.75) is 45.4 Å². The minimum absolute atomic E-state index is 0.102. The van der Waals surface area contributed by atoms with Crippen LogP contribution in [0.4, 0.5) is 4.39 Å². The van der Waals surface area contributed by atoms with E-state index in [1.54, 1.807) is 50.9 Å². The van der Waals surface area contributed by atoms with Gasteiger partial charge in [-0.05, 0) is 38.1 Å². The summed E-state index contributed by atoms with van der Waals surface area (Å²) in [6.45, 7) is 5.01. The molecule has 9 heteroatoms. The lowest BCUT2D eigenvalue weighted by Gasteiger charge is -2.35. The molecule has 3 heterocycles. The predicted octanol–water partition coefficient (Wildman–Crippen LogP) is 5.13. The van der Waals surface area contributed by atoms with Crippen molar-refractivity contribution in [3.63, 3.8) is 0 Å². The quantitative estimate of drug-likeness (QED) is 0.500. The lowest BCUT2D eigenvalue weighted by Crippen LogP contribution is -2.45. The Labute approximate surface area is 206 Å². The number of carbonyl (C=O) groups is 2. The van der Waals surface area contributed by atoms with Crippen molar-refractivity contribution in [1.29, 1.82) is 0 Å². The first kappa shape index (κ1) is 22.9. The van der Waals surface area contributed by atoms with Crippen LogP contribution in [-0.4, -0.2) is 44.0 Å². The Kier molecular flexibility index (Phi) is 5.86. The molecule has 0 fully saturated rings. The number of benzene rings is 2. The van der Waals surface area contributed by atoms with Gasteiger partial charge in [-0.3, -0.25) is 14.3 Å². The van der Waals surface area contributed by atoms with Gasteiger partial charge in [-0.25, -0.2) is 4.39 Å². The molecule has 2 aliphatic heterocycles. The number of halogens is 3. The van der Waals surface area contributed by atoms with E-state index in [1.807, 2.05) is 13.8 Å². The predicted molar refractivity (Wildman–Crippen MR) is 128 cm³/mol. The lowest BCUT2D eigenvalue weighted by atomic mass is 9.97. The maximum Gasteiger partial charge on any atom is 0.273 e. The molecule has 0 N–H and O–H groups in total. The monoisotopic (exact) mass is 500 g/mol. The summed E-state index contributed by atoms with van der Waals surface area (Å²) < 4.78 is 16.1. The molecule has 6 nitrogen and oxygen atoms in total. The first-order valence-corrected chi connectivity index (χ1v) is 11.9.